The Balaban J connectivity index is 3.27. The van der Waals surface area contributed by atoms with E-state index in [-0.39, 0.29) is 11.5 Å². The van der Waals surface area contributed by atoms with E-state index < -0.39 is 17.6 Å². The number of nitrogens with one attached hydrogen (secondary N) is 1. The zero-order chi connectivity index (χ0) is 15.3. The van der Waals surface area contributed by atoms with Gasteiger partial charge in [-0.05, 0) is 20.9 Å². The van der Waals surface area contributed by atoms with Crippen LogP contribution >= 0.6 is 0 Å². The van der Waals surface area contributed by atoms with Gasteiger partial charge in [0.05, 0.1) is 0 Å². The molecule has 1 heterocycles. The van der Waals surface area contributed by atoms with Gasteiger partial charge in [0.2, 0.25) is 5.82 Å². The molecule has 0 amide bonds. The molecule has 0 aliphatic heterocycles. The first kappa shape index (κ1) is 16.6. The summed E-state index contributed by atoms with van der Waals surface area (Å²) in [6.07, 6.45) is 0. The molecule has 0 aliphatic rings. The van der Waals surface area contributed by atoms with Crippen LogP contribution in [0.25, 0.3) is 0 Å². The number of nitrogens with zero attached hydrogens (tertiary/aromatic N) is 3. The fourth-order valence-electron chi connectivity index (χ4n) is 1.95. The molecule has 1 aromatic rings. The van der Waals surface area contributed by atoms with Gasteiger partial charge in [0.1, 0.15) is 5.69 Å². The van der Waals surface area contributed by atoms with Gasteiger partial charge in [-0.1, -0.05) is 0 Å². The summed E-state index contributed by atoms with van der Waals surface area (Å²) in [5.41, 5.74) is -0.353. The van der Waals surface area contributed by atoms with E-state index in [4.69, 9.17) is 0 Å². The highest BCUT2D eigenvalue weighted by Crippen LogP contribution is 2.30. The Morgan fingerprint density at radius 1 is 1.10 bits per heavy atom. The van der Waals surface area contributed by atoms with Crippen molar-refractivity contribution < 1.29 is 13.2 Å². The van der Waals surface area contributed by atoms with Gasteiger partial charge in [0.25, 0.3) is 5.95 Å². The lowest BCUT2D eigenvalue weighted by Gasteiger charge is -2.25. The van der Waals surface area contributed by atoms with E-state index in [0.29, 0.717) is 26.2 Å². The molecule has 0 saturated carbocycles. The Hall–Kier alpha value is -1.50. The topological polar surface area (TPSA) is 31.4 Å². The van der Waals surface area contributed by atoms with E-state index in [1.807, 2.05) is 0 Å². The van der Waals surface area contributed by atoms with Gasteiger partial charge >= 0.3 is 0 Å². The average molecular weight is 290 g/mol. The first-order valence-corrected chi connectivity index (χ1v) is 6.63. The molecule has 1 aromatic heterocycles. The smallest absolute Gasteiger partial charge is 0.253 e. The molecule has 0 saturated heterocycles. The maximum Gasteiger partial charge on any atom is 0.253 e. The third kappa shape index (κ3) is 3.33. The minimum atomic E-state index is -1.28. The van der Waals surface area contributed by atoms with Crippen LogP contribution in [-0.4, -0.2) is 45.3 Å². The molecule has 0 atom stereocenters. The van der Waals surface area contributed by atoms with Gasteiger partial charge in [0.15, 0.2) is 11.6 Å². The van der Waals surface area contributed by atoms with Crippen LogP contribution < -0.4 is 15.1 Å². The van der Waals surface area contributed by atoms with Crippen molar-refractivity contribution >= 4 is 11.5 Å². The maximum absolute atomic E-state index is 14.4. The second-order valence-electron chi connectivity index (χ2n) is 4.40. The molecule has 0 fully saturated rings. The monoisotopic (exact) mass is 290 g/mol. The van der Waals surface area contributed by atoms with Crippen LogP contribution in [0.4, 0.5) is 24.7 Å². The summed E-state index contributed by atoms with van der Waals surface area (Å²) >= 11 is 0. The van der Waals surface area contributed by atoms with E-state index in [9.17, 15) is 13.2 Å². The lowest BCUT2D eigenvalue weighted by Crippen LogP contribution is -2.31. The number of halogens is 3. The summed E-state index contributed by atoms with van der Waals surface area (Å²) in [4.78, 5) is 6.29. The summed E-state index contributed by atoms with van der Waals surface area (Å²) in [6.45, 7) is 5.29. The molecule has 0 unspecified atom stereocenters. The first-order valence-electron chi connectivity index (χ1n) is 6.63. The second kappa shape index (κ2) is 7.33. The van der Waals surface area contributed by atoms with Crippen LogP contribution in [0.3, 0.4) is 0 Å². The van der Waals surface area contributed by atoms with Crippen molar-refractivity contribution in [3.63, 3.8) is 0 Å². The van der Waals surface area contributed by atoms with Crippen LogP contribution in [0, 0.1) is 17.6 Å². The quantitative estimate of drug-likeness (QED) is 0.778. The van der Waals surface area contributed by atoms with Crippen LogP contribution in [0.15, 0.2) is 0 Å². The molecule has 0 aliphatic carbocycles. The van der Waals surface area contributed by atoms with Gasteiger partial charge in [-0.3, -0.25) is 0 Å². The molecule has 114 valence electrons. The summed E-state index contributed by atoms with van der Waals surface area (Å²) in [7, 11) is 3.34. The van der Waals surface area contributed by atoms with Crippen molar-refractivity contribution in [1.82, 2.24) is 10.3 Å². The van der Waals surface area contributed by atoms with Crippen LogP contribution in [0.1, 0.15) is 13.8 Å². The summed E-state index contributed by atoms with van der Waals surface area (Å²) in [5.74, 6) is -3.52. The summed E-state index contributed by atoms with van der Waals surface area (Å²) in [6, 6.07) is 0. The van der Waals surface area contributed by atoms with Crippen molar-refractivity contribution in [3.8, 4) is 0 Å². The predicted octanol–water partition coefficient (Wildman–Crippen LogP) is 2.00. The molecule has 0 spiro atoms. The van der Waals surface area contributed by atoms with E-state index in [2.05, 4.69) is 10.3 Å². The Kier molecular flexibility index (Phi) is 6.06. The summed E-state index contributed by atoms with van der Waals surface area (Å²) < 4.78 is 41.9. The van der Waals surface area contributed by atoms with E-state index in [1.54, 1.807) is 27.9 Å². The van der Waals surface area contributed by atoms with Crippen molar-refractivity contribution in [2.45, 2.75) is 13.8 Å². The van der Waals surface area contributed by atoms with Crippen molar-refractivity contribution in [2.24, 2.45) is 0 Å². The minimum Gasteiger partial charge on any atom is -0.367 e. The third-order valence-corrected chi connectivity index (χ3v) is 3.14. The first-order chi connectivity index (χ1) is 9.47. The molecule has 4 nitrogen and oxygen atoms in total. The number of anilines is 2. The highest BCUT2D eigenvalue weighted by molar-refractivity contribution is 5.58. The number of pyridine rings is 1. The van der Waals surface area contributed by atoms with Gasteiger partial charge < -0.3 is 15.1 Å². The zero-order valence-corrected chi connectivity index (χ0v) is 12.3. The maximum atomic E-state index is 14.4. The third-order valence-electron chi connectivity index (χ3n) is 3.14. The molecule has 1 rings (SSSR count). The Labute approximate surface area is 117 Å². The number of aromatic nitrogens is 1. The van der Waals surface area contributed by atoms with E-state index in [0.717, 1.165) is 0 Å². The lowest BCUT2D eigenvalue weighted by atomic mass is 10.3. The van der Waals surface area contributed by atoms with Crippen LogP contribution in [0.2, 0.25) is 0 Å². The molecular formula is C13H21F3N4. The Bertz CT molecular complexity index is 450. The minimum absolute atomic E-state index is 0.180. The molecule has 7 heteroatoms. The van der Waals surface area contributed by atoms with Gasteiger partial charge in [-0.15, -0.1) is 0 Å². The number of hydrogen-bond acceptors (Lipinski definition) is 4. The van der Waals surface area contributed by atoms with Gasteiger partial charge in [-0.2, -0.15) is 13.8 Å². The fourth-order valence-corrected chi connectivity index (χ4v) is 1.95. The van der Waals surface area contributed by atoms with Gasteiger partial charge in [0, 0.05) is 33.2 Å². The van der Waals surface area contributed by atoms with Gasteiger partial charge in [-0.25, -0.2) is 4.39 Å². The van der Waals surface area contributed by atoms with Crippen LogP contribution in [0.5, 0.6) is 0 Å². The number of likely N-dealkylation sites (N-methyl/N-ethyl adjacent to an activating group) is 2. The van der Waals surface area contributed by atoms with Crippen molar-refractivity contribution in [3.05, 3.63) is 17.6 Å². The molecule has 0 aromatic carbocycles. The summed E-state index contributed by atoms with van der Waals surface area (Å²) in [5, 5.41) is 2.90. The highest BCUT2D eigenvalue weighted by atomic mass is 19.2. The normalized spacial score (nSPS) is 10.8. The Morgan fingerprint density at radius 3 is 2.20 bits per heavy atom. The van der Waals surface area contributed by atoms with Crippen LogP contribution in [-0.2, 0) is 0 Å². The molecule has 20 heavy (non-hydrogen) atoms. The number of rotatable bonds is 7. The largest absolute Gasteiger partial charge is 0.367 e. The van der Waals surface area contributed by atoms with Crippen molar-refractivity contribution in [2.75, 3.05) is 50.1 Å². The molecular weight excluding hydrogens is 269 g/mol. The predicted molar refractivity (Wildman–Crippen MR) is 74.9 cm³/mol. The lowest BCUT2D eigenvalue weighted by molar-refractivity contribution is 0.462. The standard InChI is InChI=1S/C13H21F3N4/c1-5-20(6-2)11-9(14)12(16)18-13(10(11)15)19(4)8-7-17-3/h17H,5-8H2,1-4H3. The second-order valence-corrected chi connectivity index (χ2v) is 4.40. The van der Waals surface area contributed by atoms with Crippen molar-refractivity contribution in [1.29, 1.82) is 0 Å². The molecule has 1 N–H and O–H groups in total. The zero-order valence-electron chi connectivity index (χ0n) is 12.3. The van der Waals surface area contributed by atoms with E-state index >= 15 is 0 Å². The average Bonchev–Trinajstić information content (AvgIpc) is 2.44. The molecule has 0 radical (unpaired) electrons. The Morgan fingerprint density at radius 2 is 1.70 bits per heavy atom. The van der Waals surface area contributed by atoms with E-state index in [1.165, 1.54) is 9.80 Å². The SMILES string of the molecule is CCN(CC)c1c(F)c(F)nc(N(C)CCNC)c1F. The fraction of sp³-hybridized carbons (Fsp3) is 0.615. The number of hydrogen-bond donors (Lipinski definition) is 1. The highest BCUT2D eigenvalue weighted by Gasteiger charge is 2.25. The molecule has 0 bridgehead atoms.